The van der Waals surface area contributed by atoms with Crippen LogP contribution in [-0.4, -0.2) is 14.8 Å². The maximum atomic E-state index is 12.8. The molecule has 3 N–H and O–H groups in total. The number of aromatic nitrogens is 3. The van der Waals surface area contributed by atoms with Gasteiger partial charge in [-0.2, -0.15) is 5.10 Å². The Labute approximate surface area is 98.4 Å². The molecule has 0 bridgehead atoms. The van der Waals surface area contributed by atoms with E-state index in [-0.39, 0.29) is 11.9 Å². The molecule has 0 radical (unpaired) electrons. The van der Waals surface area contributed by atoms with Gasteiger partial charge >= 0.3 is 0 Å². The third-order valence-corrected chi connectivity index (χ3v) is 2.56. The minimum absolute atomic E-state index is 0.293. The number of nitrogens with two attached hydrogens (primary N) is 1. The van der Waals surface area contributed by atoms with Gasteiger partial charge in [0.25, 0.3) is 0 Å². The normalized spacial score (nSPS) is 12.6. The van der Waals surface area contributed by atoms with E-state index in [1.165, 1.54) is 12.3 Å². The maximum Gasteiger partial charge on any atom is 0.141 e. The smallest absolute Gasteiger partial charge is 0.141 e. The highest BCUT2D eigenvalue weighted by Gasteiger charge is 2.17. The number of pyridine rings is 1. The van der Waals surface area contributed by atoms with Crippen LogP contribution in [0.25, 0.3) is 0 Å². The third kappa shape index (κ3) is 2.32. The Morgan fingerprint density at radius 2 is 2.29 bits per heavy atom. The van der Waals surface area contributed by atoms with Crippen LogP contribution >= 0.6 is 0 Å². The van der Waals surface area contributed by atoms with Crippen LogP contribution in [0, 0.1) is 5.82 Å². The summed E-state index contributed by atoms with van der Waals surface area (Å²) in [5.74, 6) is 5.17. The molecule has 0 aliphatic heterocycles. The Balaban J connectivity index is 2.36. The minimum atomic E-state index is -0.367. The number of rotatable bonds is 4. The van der Waals surface area contributed by atoms with Gasteiger partial charge in [0.05, 0.1) is 17.6 Å². The number of hydrazine groups is 1. The average molecular weight is 235 g/mol. The van der Waals surface area contributed by atoms with Crippen molar-refractivity contribution in [1.82, 2.24) is 20.2 Å². The first kappa shape index (κ1) is 11.7. The molecule has 2 aromatic heterocycles. The average Bonchev–Trinajstić information content (AvgIpc) is 2.81. The molecule has 1 unspecified atom stereocenters. The van der Waals surface area contributed by atoms with Gasteiger partial charge in [-0.05, 0) is 25.1 Å². The summed E-state index contributed by atoms with van der Waals surface area (Å²) in [6.07, 6.45) is 2.87. The summed E-state index contributed by atoms with van der Waals surface area (Å²) in [5.41, 5.74) is 4.22. The highest BCUT2D eigenvalue weighted by atomic mass is 19.1. The Morgan fingerprint density at radius 3 is 2.88 bits per heavy atom. The molecule has 0 aliphatic rings. The molecule has 0 saturated heterocycles. The van der Waals surface area contributed by atoms with Gasteiger partial charge in [0.1, 0.15) is 11.9 Å². The summed E-state index contributed by atoms with van der Waals surface area (Å²) in [7, 11) is 0. The number of hydrogen-bond donors (Lipinski definition) is 2. The van der Waals surface area contributed by atoms with Gasteiger partial charge in [0.2, 0.25) is 0 Å². The Hall–Kier alpha value is -1.79. The predicted octanol–water partition coefficient (Wildman–Crippen LogP) is 0.990. The van der Waals surface area contributed by atoms with Crippen LogP contribution in [0.15, 0.2) is 30.6 Å². The minimum Gasteiger partial charge on any atom is -0.270 e. The van der Waals surface area contributed by atoms with E-state index in [1.54, 1.807) is 12.3 Å². The first-order valence-electron chi connectivity index (χ1n) is 5.35. The van der Waals surface area contributed by atoms with Crippen molar-refractivity contribution in [3.05, 3.63) is 47.8 Å². The van der Waals surface area contributed by atoms with Crippen molar-refractivity contribution in [2.75, 3.05) is 0 Å². The lowest BCUT2D eigenvalue weighted by Crippen LogP contribution is -2.31. The summed E-state index contributed by atoms with van der Waals surface area (Å²) in [4.78, 5) is 4.02. The number of halogens is 1. The third-order valence-electron chi connectivity index (χ3n) is 2.56. The van der Waals surface area contributed by atoms with Crippen molar-refractivity contribution in [1.29, 1.82) is 0 Å². The van der Waals surface area contributed by atoms with Gasteiger partial charge in [0, 0.05) is 12.7 Å². The van der Waals surface area contributed by atoms with Crippen LogP contribution in [0.3, 0.4) is 0 Å². The van der Waals surface area contributed by atoms with Crippen molar-refractivity contribution in [2.24, 2.45) is 5.84 Å². The quantitative estimate of drug-likeness (QED) is 0.612. The van der Waals surface area contributed by atoms with Crippen LogP contribution in [-0.2, 0) is 6.54 Å². The van der Waals surface area contributed by atoms with Gasteiger partial charge in [0.15, 0.2) is 0 Å². The van der Waals surface area contributed by atoms with E-state index in [2.05, 4.69) is 15.5 Å². The summed E-state index contributed by atoms with van der Waals surface area (Å²) in [6.45, 7) is 2.73. The van der Waals surface area contributed by atoms with Crippen molar-refractivity contribution in [3.63, 3.8) is 0 Å². The Morgan fingerprint density at radius 1 is 1.47 bits per heavy atom. The standard InChI is InChI=1S/C11H14FN5/c1-2-17-10(5-6-15-17)11(16-13)9-4-3-8(12)7-14-9/h3-7,11,16H,2,13H2,1H3. The van der Waals surface area contributed by atoms with Crippen LogP contribution in [0.4, 0.5) is 4.39 Å². The molecule has 0 aliphatic carbocycles. The molecule has 1 atom stereocenters. The van der Waals surface area contributed by atoms with Crippen molar-refractivity contribution >= 4 is 0 Å². The van der Waals surface area contributed by atoms with Crippen LogP contribution in [0.1, 0.15) is 24.4 Å². The van der Waals surface area contributed by atoms with Crippen LogP contribution in [0.2, 0.25) is 0 Å². The molecule has 0 fully saturated rings. The molecular weight excluding hydrogens is 221 g/mol. The lowest BCUT2D eigenvalue weighted by atomic mass is 10.1. The first-order valence-corrected chi connectivity index (χ1v) is 5.35. The number of nitrogens with zero attached hydrogens (tertiary/aromatic N) is 3. The second-order valence-electron chi connectivity index (χ2n) is 3.57. The first-order chi connectivity index (χ1) is 8.26. The predicted molar refractivity (Wildman–Crippen MR) is 61.3 cm³/mol. The fourth-order valence-electron chi connectivity index (χ4n) is 1.73. The van der Waals surface area contributed by atoms with Gasteiger partial charge in [-0.15, -0.1) is 0 Å². The molecular formula is C11H14FN5. The molecule has 0 saturated carbocycles. The molecule has 0 spiro atoms. The van der Waals surface area contributed by atoms with E-state index < -0.39 is 0 Å². The van der Waals surface area contributed by atoms with Gasteiger partial charge < -0.3 is 0 Å². The second kappa shape index (κ2) is 5.03. The maximum absolute atomic E-state index is 12.8. The number of aryl methyl sites for hydroxylation is 1. The molecule has 5 nitrogen and oxygen atoms in total. The fourth-order valence-corrected chi connectivity index (χ4v) is 1.73. The van der Waals surface area contributed by atoms with E-state index in [0.717, 1.165) is 12.2 Å². The van der Waals surface area contributed by atoms with Gasteiger partial charge in [-0.3, -0.25) is 15.5 Å². The van der Waals surface area contributed by atoms with Gasteiger partial charge in [-0.25, -0.2) is 9.82 Å². The Bertz CT molecular complexity index is 479. The molecule has 2 rings (SSSR count). The zero-order chi connectivity index (χ0) is 12.3. The topological polar surface area (TPSA) is 68.8 Å². The highest BCUT2D eigenvalue weighted by molar-refractivity contribution is 5.21. The number of nitrogens with one attached hydrogen (secondary N) is 1. The fraction of sp³-hybridized carbons (Fsp3) is 0.273. The van der Waals surface area contributed by atoms with Crippen molar-refractivity contribution in [3.8, 4) is 0 Å². The van der Waals surface area contributed by atoms with Crippen molar-refractivity contribution < 1.29 is 4.39 Å². The molecule has 2 heterocycles. The van der Waals surface area contributed by atoms with E-state index in [4.69, 9.17) is 5.84 Å². The summed E-state index contributed by atoms with van der Waals surface area (Å²) in [5, 5.41) is 4.17. The zero-order valence-corrected chi connectivity index (χ0v) is 9.47. The summed E-state index contributed by atoms with van der Waals surface area (Å²) < 4.78 is 14.6. The molecule has 6 heteroatoms. The highest BCUT2D eigenvalue weighted by Crippen LogP contribution is 2.19. The molecule has 2 aromatic rings. The second-order valence-corrected chi connectivity index (χ2v) is 3.57. The monoisotopic (exact) mass is 235 g/mol. The molecule has 17 heavy (non-hydrogen) atoms. The largest absolute Gasteiger partial charge is 0.270 e. The van der Waals surface area contributed by atoms with Crippen LogP contribution in [0.5, 0.6) is 0 Å². The number of hydrogen-bond acceptors (Lipinski definition) is 4. The summed E-state index contributed by atoms with van der Waals surface area (Å²) in [6, 6.07) is 4.53. The van der Waals surface area contributed by atoms with Crippen molar-refractivity contribution in [2.45, 2.75) is 19.5 Å². The van der Waals surface area contributed by atoms with E-state index >= 15 is 0 Å². The van der Waals surface area contributed by atoms with E-state index in [1.807, 2.05) is 17.7 Å². The lowest BCUT2D eigenvalue weighted by molar-refractivity contribution is 0.532. The zero-order valence-electron chi connectivity index (χ0n) is 9.47. The Kier molecular flexibility index (Phi) is 3.46. The SMILES string of the molecule is CCn1nccc1C(NN)c1ccc(F)cn1. The molecule has 0 amide bonds. The van der Waals surface area contributed by atoms with E-state index in [0.29, 0.717) is 5.69 Å². The molecule has 0 aromatic carbocycles. The lowest BCUT2D eigenvalue weighted by Gasteiger charge is -2.16. The summed E-state index contributed by atoms with van der Waals surface area (Å²) >= 11 is 0. The van der Waals surface area contributed by atoms with Crippen LogP contribution < -0.4 is 11.3 Å². The molecule has 90 valence electrons. The van der Waals surface area contributed by atoms with E-state index in [9.17, 15) is 4.39 Å². The van der Waals surface area contributed by atoms with Gasteiger partial charge in [-0.1, -0.05) is 0 Å².